The number of urea groups is 2. The predicted molar refractivity (Wildman–Crippen MR) is 378 cm³/mol. The van der Waals surface area contributed by atoms with Crippen molar-refractivity contribution >= 4 is 12.1 Å². The minimum absolute atomic E-state index is 0.0418. The van der Waals surface area contributed by atoms with Gasteiger partial charge in [-0.15, -0.1) is 0 Å². The second kappa shape index (κ2) is 38.2. The van der Waals surface area contributed by atoms with Gasteiger partial charge in [-0.2, -0.15) is 20.3 Å². The zero-order chi connectivity index (χ0) is 66.9. The first-order valence-corrected chi connectivity index (χ1v) is 38.2. The van der Waals surface area contributed by atoms with E-state index < -0.39 is 0 Å². The number of hydrogen-bond acceptors (Lipinski definition) is 10. The molecule has 0 atom stereocenters. The molecule has 0 spiro atoms. The standard InChI is InChI=1S/C76H150N8O6/c1-21-25-29-33-39-45-51-87-81-69(5,6)55-63(56-70(81,7)8)79(64-57-71(9,10)82(72(11,12)58-64)88-52-46-40-34-30-26-22-2)67(85)77-49-43-37-38-44-50-78-68(86)80(65-59-73(13,14)83(74(15,16)60-65)89-53-47-41-35-31-27-23-3)66-61-75(17,18)84(76(19,20)62-66)90-54-48-42-36-32-28-24-4/h63-66H,21-62H2,1-20H3,(H,77,85)(H,78,86). The first kappa shape index (κ1) is 80.7. The summed E-state index contributed by atoms with van der Waals surface area (Å²) in [5, 5.41) is 16.2. The van der Waals surface area contributed by atoms with E-state index in [-0.39, 0.29) is 80.5 Å². The average Bonchev–Trinajstić information content (AvgIpc) is 0.791. The van der Waals surface area contributed by atoms with E-state index in [2.05, 4.69) is 179 Å². The molecular formula is C76H150N8O6. The van der Waals surface area contributed by atoms with Crippen molar-refractivity contribution in [2.24, 2.45) is 0 Å². The van der Waals surface area contributed by atoms with Crippen LogP contribution in [0.3, 0.4) is 0 Å². The molecule has 4 aliphatic rings. The molecule has 0 saturated carbocycles. The summed E-state index contributed by atoms with van der Waals surface area (Å²) in [7, 11) is 0. The smallest absolute Gasteiger partial charge is 0.317 e. The first-order valence-electron chi connectivity index (χ1n) is 38.2. The Morgan fingerprint density at radius 1 is 0.289 bits per heavy atom. The highest BCUT2D eigenvalue weighted by atomic mass is 16.7. The number of unbranched alkanes of at least 4 members (excludes halogenated alkanes) is 23. The van der Waals surface area contributed by atoms with E-state index in [4.69, 9.17) is 19.4 Å². The normalized spacial score (nSPS) is 22.2. The maximum absolute atomic E-state index is 15.2. The van der Waals surface area contributed by atoms with Crippen molar-refractivity contribution in [3.63, 3.8) is 0 Å². The van der Waals surface area contributed by atoms with E-state index in [1.807, 2.05) is 0 Å². The van der Waals surface area contributed by atoms with Crippen LogP contribution in [0.15, 0.2) is 0 Å². The van der Waals surface area contributed by atoms with Gasteiger partial charge < -0.3 is 20.4 Å². The van der Waals surface area contributed by atoms with Gasteiger partial charge in [0.15, 0.2) is 0 Å². The Morgan fingerprint density at radius 2 is 0.456 bits per heavy atom. The van der Waals surface area contributed by atoms with Gasteiger partial charge in [0.1, 0.15) is 0 Å². The summed E-state index contributed by atoms with van der Waals surface area (Å²) < 4.78 is 0. The lowest BCUT2D eigenvalue weighted by Gasteiger charge is -2.59. The summed E-state index contributed by atoms with van der Waals surface area (Å²) in [5.41, 5.74) is -2.19. The number of nitrogens with zero attached hydrogens (tertiary/aromatic N) is 6. The molecule has 0 aromatic heterocycles. The molecular weight excluding hydrogens is 1120 g/mol. The van der Waals surface area contributed by atoms with Gasteiger partial charge in [0, 0.05) is 81.6 Å². The molecule has 4 fully saturated rings. The number of rotatable bonds is 43. The maximum atomic E-state index is 15.2. The Balaban J connectivity index is 1.45. The van der Waals surface area contributed by atoms with Gasteiger partial charge >= 0.3 is 12.1 Å². The number of hydrogen-bond donors (Lipinski definition) is 2. The van der Waals surface area contributed by atoms with Gasteiger partial charge in [-0.3, -0.25) is 19.4 Å². The van der Waals surface area contributed by atoms with Gasteiger partial charge in [-0.25, -0.2) is 9.59 Å². The Bertz CT molecular complexity index is 1670. The molecule has 14 nitrogen and oxygen atoms in total. The van der Waals surface area contributed by atoms with Crippen molar-refractivity contribution in [1.29, 1.82) is 0 Å². The molecule has 4 rings (SSSR count). The zero-order valence-corrected chi connectivity index (χ0v) is 63.1. The van der Waals surface area contributed by atoms with Crippen LogP contribution >= 0.6 is 0 Å². The summed E-state index contributed by atoms with van der Waals surface area (Å²) in [6.07, 6.45) is 40.0. The Morgan fingerprint density at radius 3 is 0.644 bits per heavy atom. The monoisotopic (exact) mass is 1270 g/mol. The highest BCUT2D eigenvalue weighted by Crippen LogP contribution is 2.48. The van der Waals surface area contributed by atoms with Gasteiger partial charge in [0.2, 0.25) is 0 Å². The number of piperidine rings is 4. The fourth-order valence-corrected chi connectivity index (χ4v) is 17.6. The van der Waals surface area contributed by atoms with Crippen LogP contribution in [0.25, 0.3) is 0 Å². The van der Waals surface area contributed by atoms with Crippen molar-refractivity contribution < 1.29 is 28.9 Å². The van der Waals surface area contributed by atoms with Crippen molar-refractivity contribution in [3.8, 4) is 0 Å². The number of nitrogens with one attached hydrogen (secondary N) is 2. The summed E-state index contributed by atoms with van der Waals surface area (Å²) in [5.74, 6) is 0. The van der Waals surface area contributed by atoms with Crippen LogP contribution in [-0.2, 0) is 19.4 Å². The Hall–Kier alpha value is -1.78. The van der Waals surface area contributed by atoms with E-state index in [1.165, 1.54) is 128 Å². The van der Waals surface area contributed by atoms with Crippen LogP contribution in [0.5, 0.6) is 0 Å². The fraction of sp³-hybridized carbons (Fsp3) is 0.974. The highest BCUT2D eigenvalue weighted by molar-refractivity contribution is 5.75. The molecule has 4 saturated heterocycles. The van der Waals surface area contributed by atoms with Crippen LogP contribution in [0.4, 0.5) is 9.59 Å². The molecule has 4 heterocycles. The van der Waals surface area contributed by atoms with Crippen LogP contribution in [0.2, 0.25) is 0 Å². The molecule has 0 bridgehead atoms. The fourth-order valence-electron chi connectivity index (χ4n) is 17.6. The zero-order valence-electron chi connectivity index (χ0n) is 63.1. The van der Waals surface area contributed by atoms with Gasteiger partial charge in [-0.05, 0) is 201 Å². The van der Waals surface area contributed by atoms with Crippen LogP contribution < -0.4 is 10.6 Å². The molecule has 0 unspecified atom stereocenters. The molecule has 14 heteroatoms. The third-order valence-corrected chi connectivity index (χ3v) is 20.9. The topological polar surface area (TPSA) is 115 Å². The summed E-state index contributed by atoms with van der Waals surface area (Å²) in [6.45, 7) is 50.4. The molecule has 0 aromatic rings. The molecule has 0 aliphatic carbocycles. The van der Waals surface area contributed by atoms with E-state index in [0.29, 0.717) is 13.1 Å². The third-order valence-electron chi connectivity index (χ3n) is 20.9. The number of hydroxylamine groups is 8. The van der Waals surface area contributed by atoms with Crippen molar-refractivity contribution in [2.45, 2.75) is 438 Å². The molecule has 4 aliphatic heterocycles. The highest BCUT2D eigenvalue weighted by Gasteiger charge is 2.56. The lowest BCUT2D eigenvalue weighted by atomic mass is 9.74. The van der Waals surface area contributed by atoms with E-state index >= 15 is 9.59 Å². The first-order chi connectivity index (χ1) is 42.3. The largest absolute Gasteiger partial charge is 0.338 e. The summed E-state index contributed by atoms with van der Waals surface area (Å²) in [4.78, 5) is 61.9. The van der Waals surface area contributed by atoms with E-state index in [0.717, 1.165) is 129 Å². The molecule has 2 N–H and O–H groups in total. The molecule has 530 valence electrons. The second-order valence-electron chi connectivity index (χ2n) is 34.0. The van der Waals surface area contributed by atoms with Crippen LogP contribution in [0, 0.1) is 0 Å². The van der Waals surface area contributed by atoms with Gasteiger partial charge in [0.25, 0.3) is 0 Å². The predicted octanol–water partition coefficient (Wildman–Crippen LogP) is 19.8. The van der Waals surface area contributed by atoms with Crippen LogP contribution in [-0.4, -0.2) is 150 Å². The third kappa shape index (κ3) is 25.3. The van der Waals surface area contributed by atoms with Crippen molar-refractivity contribution in [3.05, 3.63) is 0 Å². The van der Waals surface area contributed by atoms with Gasteiger partial charge in [0.05, 0.1) is 26.4 Å². The minimum atomic E-state index is -0.273. The number of carbonyl (C=O) groups is 2. The maximum Gasteiger partial charge on any atom is 0.317 e. The SMILES string of the molecule is CCCCCCCCON1C(C)(C)CC(N(C(=O)NCCCCCCNC(=O)N(C2CC(C)(C)N(OCCCCCCCC)C(C)(C)C2)C2CC(C)(C)N(OCCCCCCCC)C(C)(C)C2)C2CC(C)(C)N(OCCCCCCCC)C(C)(C)C2)CC1(C)C. The van der Waals surface area contributed by atoms with E-state index in [9.17, 15) is 0 Å². The molecule has 0 radical (unpaired) electrons. The summed E-state index contributed by atoms with van der Waals surface area (Å²) in [6, 6.07) is 0.281. The lowest BCUT2D eigenvalue weighted by Crippen LogP contribution is -2.69. The summed E-state index contributed by atoms with van der Waals surface area (Å²) >= 11 is 0. The number of carbonyl (C=O) groups excluding carboxylic acids is 2. The second-order valence-corrected chi connectivity index (χ2v) is 34.0. The quantitative estimate of drug-likeness (QED) is 0.0572. The molecule has 90 heavy (non-hydrogen) atoms. The van der Waals surface area contributed by atoms with Crippen molar-refractivity contribution in [1.82, 2.24) is 40.7 Å². The number of amides is 4. The van der Waals surface area contributed by atoms with E-state index in [1.54, 1.807) is 0 Å². The minimum Gasteiger partial charge on any atom is -0.338 e. The Kier molecular flexibility index (Phi) is 34.3. The van der Waals surface area contributed by atoms with Crippen molar-refractivity contribution in [2.75, 3.05) is 39.5 Å². The van der Waals surface area contributed by atoms with Crippen LogP contribution in [0.1, 0.15) is 370 Å². The Labute approximate surface area is 556 Å². The molecule has 0 aromatic carbocycles. The lowest BCUT2D eigenvalue weighted by molar-refractivity contribution is -0.297. The average molecular weight is 1270 g/mol. The van der Waals surface area contributed by atoms with Gasteiger partial charge in [-0.1, -0.05) is 169 Å². The molecule has 4 amide bonds.